The molecule has 0 aliphatic carbocycles. The molecular formula is C9H19N3O. The number of rotatable bonds is 3. The van der Waals surface area contributed by atoms with Crippen molar-refractivity contribution >= 4 is 5.91 Å². The largest absolute Gasteiger partial charge is 0.355 e. The van der Waals surface area contributed by atoms with Gasteiger partial charge in [0.2, 0.25) is 5.91 Å². The van der Waals surface area contributed by atoms with Crippen molar-refractivity contribution < 1.29 is 4.79 Å². The van der Waals surface area contributed by atoms with Gasteiger partial charge in [0.05, 0.1) is 0 Å². The summed E-state index contributed by atoms with van der Waals surface area (Å²) in [4.78, 5) is 11.4. The van der Waals surface area contributed by atoms with Crippen LogP contribution in [0, 0.1) is 5.92 Å². The highest BCUT2D eigenvalue weighted by Crippen LogP contribution is 2.11. The summed E-state index contributed by atoms with van der Waals surface area (Å²) in [5.41, 5.74) is 6.12. The van der Waals surface area contributed by atoms with Crippen molar-refractivity contribution in [3.8, 4) is 0 Å². The average molecular weight is 185 g/mol. The van der Waals surface area contributed by atoms with E-state index in [4.69, 9.17) is 0 Å². The Morgan fingerprint density at radius 2 is 2.23 bits per heavy atom. The molecule has 2 atom stereocenters. The predicted octanol–water partition coefficient (Wildman–Crippen LogP) is 0.0136. The first-order valence-electron chi connectivity index (χ1n) is 4.90. The summed E-state index contributed by atoms with van der Waals surface area (Å²) in [6.45, 7) is 6.98. The third-order valence-electron chi connectivity index (χ3n) is 2.28. The Morgan fingerprint density at radius 1 is 1.54 bits per heavy atom. The van der Waals surface area contributed by atoms with Crippen LogP contribution >= 0.6 is 0 Å². The van der Waals surface area contributed by atoms with Crippen LogP contribution in [0.25, 0.3) is 0 Å². The highest BCUT2D eigenvalue weighted by atomic mass is 16.2. The Balaban J connectivity index is 2.40. The van der Waals surface area contributed by atoms with E-state index in [0.29, 0.717) is 12.0 Å². The van der Waals surface area contributed by atoms with Crippen molar-refractivity contribution in [3.63, 3.8) is 0 Å². The van der Waals surface area contributed by atoms with E-state index in [1.807, 2.05) is 13.8 Å². The van der Waals surface area contributed by atoms with Crippen LogP contribution in [-0.4, -0.2) is 24.5 Å². The third-order valence-corrected chi connectivity index (χ3v) is 2.28. The van der Waals surface area contributed by atoms with E-state index in [1.54, 1.807) is 0 Å². The lowest BCUT2D eigenvalue weighted by atomic mass is 9.95. The minimum Gasteiger partial charge on any atom is -0.355 e. The van der Waals surface area contributed by atoms with Crippen LogP contribution < -0.4 is 16.2 Å². The number of nitrogens with one attached hydrogen (secondary N) is 3. The monoisotopic (exact) mass is 185 g/mol. The maximum absolute atomic E-state index is 11.4. The van der Waals surface area contributed by atoms with Gasteiger partial charge in [-0.25, -0.2) is 5.43 Å². The Labute approximate surface area is 79.4 Å². The molecule has 1 rings (SSSR count). The van der Waals surface area contributed by atoms with Gasteiger partial charge in [-0.05, 0) is 26.2 Å². The maximum Gasteiger partial charge on any atom is 0.238 e. The lowest BCUT2D eigenvalue weighted by molar-refractivity contribution is -0.126. The molecule has 0 spiro atoms. The van der Waals surface area contributed by atoms with Gasteiger partial charge in [-0.3, -0.25) is 10.2 Å². The van der Waals surface area contributed by atoms with E-state index in [9.17, 15) is 4.79 Å². The van der Waals surface area contributed by atoms with E-state index in [-0.39, 0.29) is 11.9 Å². The van der Waals surface area contributed by atoms with Crippen LogP contribution in [0.5, 0.6) is 0 Å². The highest BCUT2D eigenvalue weighted by Gasteiger charge is 2.28. The number of amides is 1. The van der Waals surface area contributed by atoms with Crippen LogP contribution in [0.2, 0.25) is 0 Å². The second kappa shape index (κ2) is 4.58. The molecule has 0 bridgehead atoms. The number of hydrogen-bond acceptors (Lipinski definition) is 3. The highest BCUT2D eigenvalue weighted by molar-refractivity contribution is 5.82. The molecule has 1 amide bonds. The average Bonchev–Trinajstić information content (AvgIpc) is 2.03. The maximum atomic E-state index is 11.4. The van der Waals surface area contributed by atoms with Gasteiger partial charge in [0.25, 0.3) is 0 Å². The molecule has 4 heteroatoms. The molecule has 0 aromatic carbocycles. The molecule has 4 nitrogen and oxygen atoms in total. The van der Waals surface area contributed by atoms with Crippen molar-refractivity contribution in [2.75, 3.05) is 6.54 Å². The number of hydrogen-bond donors (Lipinski definition) is 3. The van der Waals surface area contributed by atoms with Crippen molar-refractivity contribution in [1.29, 1.82) is 0 Å². The topological polar surface area (TPSA) is 53.2 Å². The van der Waals surface area contributed by atoms with Gasteiger partial charge >= 0.3 is 0 Å². The van der Waals surface area contributed by atoms with Gasteiger partial charge < -0.3 is 5.32 Å². The van der Waals surface area contributed by atoms with E-state index in [1.165, 1.54) is 0 Å². The fourth-order valence-corrected chi connectivity index (χ4v) is 1.42. The second-order valence-corrected chi connectivity index (χ2v) is 3.98. The Kier molecular flexibility index (Phi) is 3.69. The summed E-state index contributed by atoms with van der Waals surface area (Å²) in [6.07, 6.45) is 1.04. The fraction of sp³-hybridized carbons (Fsp3) is 0.889. The predicted molar refractivity (Wildman–Crippen MR) is 52.0 cm³/mol. The molecule has 1 heterocycles. The first kappa shape index (κ1) is 10.5. The van der Waals surface area contributed by atoms with Gasteiger partial charge in [0.15, 0.2) is 0 Å². The van der Waals surface area contributed by atoms with Gasteiger partial charge in [-0.1, -0.05) is 6.92 Å². The van der Waals surface area contributed by atoms with Gasteiger partial charge in [0, 0.05) is 12.6 Å². The lowest BCUT2D eigenvalue weighted by Crippen LogP contribution is -2.57. The summed E-state index contributed by atoms with van der Waals surface area (Å²) in [6, 6.07) is 0.262. The van der Waals surface area contributed by atoms with E-state index < -0.39 is 0 Å². The van der Waals surface area contributed by atoms with Crippen LogP contribution in [0.15, 0.2) is 0 Å². The first-order valence-corrected chi connectivity index (χ1v) is 4.90. The van der Waals surface area contributed by atoms with Crippen molar-refractivity contribution in [1.82, 2.24) is 16.2 Å². The zero-order valence-corrected chi connectivity index (χ0v) is 8.55. The van der Waals surface area contributed by atoms with Crippen molar-refractivity contribution in [2.24, 2.45) is 5.92 Å². The van der Waals surface area contributed by atoms with Gasteiger partial charge in [-0.2, -0.15) is 0 Å². The quantitative estimate of drug-likeness (QED) is 0.543. The molecule has 13 heavy (non-hydrogen) atoms. The third kappa shape index (κ3) is 2.97. The molecule has 3 N–H and O–H groups in total. The van der Waals surface area contributed by atoms with Crippen LogP contribution in [0.1, 0.15) is 27.2 Å². The lowest BCUT2D eigenvalue weighted by Gasteiger charge is -2.29. The molecule has 0 aromatic rings. The zero-order chi connectivity index (χ0) is 9.84. The van der Waals surface area contributed by atoms with Crippen molar-refractivity contribution in [2.45, 2.75) is 39.3 Å². The molecule has 76 valence electrons. The smallest absolute Gasteiger partial charge is 0.238 e. The normalized spacial score (nSPS) is 29.1. The SMILES string of the molecule is CC(C)NNC1C(=O)NCCC1C. The molecule has 2 unspecified atom stereocenters. The van der Waals surface area contributed by atoms with Gasteiger partial charge in [0.1, 0.15) is 6.04 Å². The molecule has 0 aromatic heterocycles. The fourth-order valence-electron chi connectivity index (χ4n) is 1.42. The minimum absolute atomic E-state index is 0.0869. The van der Waals surface area contributed by atoms with Crippen molar-refractivity contribution in [3.05, 3.63) is 0 Å². The van der Waals surface area contributed by atoms with Gasteiger partial charge in [-0.15, -0.1) is 0 Å². The zero-order valence-electron chi connectivity index (χ0n) is 8.55. The number of hydrazine groups is 1. The second-order valence-electron chi connectivity index (χ2n) is 3.98. The summed E-state index contributed by atoms with van der Waals surface area (Å²) in [5, 5.41) is 2.84. The van der Waals surface area contributed by atoms with E-state index in [2.05, 4.69) is 23.1 Å². The van der Waals surface area contributed by atoms with Crippen LogP contribution in [0.3, 0.4) is 0 Å². The summed E-state index contributed by atoms with van der Waals surface area (Å²) in [5.74, 6) is 0.506. The first-order chi connectivity index (χ1) is 6.11. The molecule has 1 fully saturated rings. The molecule has 1 saturated heterocycles. The summed E-state index contributed by atoms with van der Waals surface area (Å²) in [7, 11) is 0. The molecule has 1 aliphatic heterocycles. The summed E-state index contributed by atoms with van der Waals surface area (Å²) < 4.78 is 0. The molecule has 0 saturated carbocycles. The summed E-state index contributed by atoms with van der Waals surface area (Å²) >= 11 is 0. The van der Waals surface area contributed by atoms with E-state index >= 15 is 0 Å². The van der Waals surface area contributed by atoms with E-state index in [0.717, 1.165) is 13.0 Å². The number of piperidine rings is 1. The number of carbonyl (C=O) groups is 1. The molecular weight excluding hydrogens is 166 g/mol. The molecule has 1 aliphatic rings. The number of carbonyl (C=O) groups excluding carboxylic acids is 1. The Morgan fingerprint density at radius 3 is 2.77 bits per heavy atom. The Bertz CT molecular complexity index is 182. The van der Waals surface area contributed by atoms with Crippen LogP contribution in [0.4, 0.5) is 0 Å². The Hall–Kier alpha value is -0.610. The molecule has 0 radical (unpaired) electrons. The minimum atomic E-state index is -0.0869. The van der Waals surface area contributed by atoms with Crippen LogP contribution in [-0.2, 0) is 4.79 Å². The standard InChI is InChI=1S/C9H19N3O/c1-6(2)11-12-8-7(3)4-5-10-9(8)13/h6-8,11-12H,4-5H2,1-3H3,(H,10,13).